The third-order valence-corrected chi connectivity index (χ3v) is 4.49. The van der Waals surface area contributed by atoms with Crippen LogP contribution in [0.3, 0.4) is 0 Å². The number of hydrogen-bond donors (Lipinski definition) is 1. The van der Waals surface area contributed by atoms with Gasteiger partial charge < -0.3 is 14.7 Å². The maximum absolute atomic E-state index is 12.4. The molecule has 1 heterocycles. The number of halogens is 1. The van der Waals surface area contributed by atoms with Gasteiger partial charge in [0.15, 0.2) is 0 Å². The summed E-state index contributed by atoms with van der Waals surface area (Å²) in [4.78, 5) is 26.1. The van der Waals surface area contributed by atoms with E-state index in [1.807, 2.05) is 32.9 Å². The number of aryl methyl sites for hydroxylation is 2. The molecule has 0 bridgehead atoms. The van der Waals surface area contributed by atoms with E-state index < -0.39 is 0 Å². The van der Waals surface area contributed by atoms with E-state index in [2.05, 4.69) is 10.5 Å². The lowest BCUT2D eigenvalue weighted by Gasteiger charge is -2.20. The van der Waals surface area contributed by atoms with Crippen molar-refractivity contribution >= 4 is 23.4 Å². The highest BCUT2D eigenvalue weighted by molar-refractivity contribution is 6.30. The van der Waals surface area contributed by atoms with Crippen molar-refractivity contribution in [3.63, 3.8) is 0 Å². The predicted molar refractivity (Wildman–Crippen MR) is 99.9 cm³/mol. The Kier molecular flexibility index (Phi) is 7.21. The molecule has 0 saturated carbocycles. The van der Waals surface area contributed by atoms with Crippen molar-refractivity contribution in [3.05, 3.63) is 51.9 Å². The van der Waals surface area contributed by atoms with Crippen LogP contribution in [0, 0.1) is 13.8 Å². The molecule has 2 aromatic rings. The number of hydrogen-bond acceptors (Lipinski definition) is 4. The third-order valence-electron chi connectivity index (χ3n) is 4.24. The highest BCUT2D eigenvalue weighted by atomic mass is 35.5. The van der Waals surface area contributed by atoms with E-state index in [9.17, 15) is 9.59 Å². The van der Waals surface area contributed by atoms with Gasteiger partial charge in [-0.15, -0.1) is 0 Å². The Bertz CT molecular complexity index is 736. The first-order chi connectivity index (χ1) is 12.4. The summed E-state index contributed by atoms with van der Waals surface area (Å²) in [6.45, 7) is 6.49. The Labute approximate surface area is 158 Å². The van der Waals surface area contributed by atoms with Gasteiger partial charge in [0.1, 0.15) is 5.76 Å². The van der Waals surface area contributed by atoms with E-state index in [4.69, 9.17) is 16.1 Å². The summed E-state index contributed by atoms with van der Waals surface area (Å²) in [5.74, 6) is 0.487. The predicted octanol–water partition coefficient (Wildman–Crippen LogP) is 3.04. The molecular formula is C19H24ClN3O3. The largest absolute Gasteiger partial charge is 0.361 e. The van der Waals surface area contributed by atoms with Crippen molar-refractivity contribution in [2.45, 2.75) is 40.2 Å². The average molecular weight is 378 g/mol. The molecule has 0 aliphatic rings. The third kappa shape index (κ3) is 5.59. The number of nitrogens with zero attached hydrogens (tertiary/aromatic N) is 2. The maximum atomic E-state index is 12.4. The van der Waals surface area contributed by atoms with Crippen molar-refractivity contribution in [2.75, 3.05) is 13.1 Å². The lowest BCUT2D eigenvalue weighted by molar-refractivity contribution is -0.135. The molecule has 7 heteroatoms. The summed E-state index contributed by atoms with van der Waals surface area (Å²) in [6.07, 6.45) is 0.879. The zero-order valence-electron chi connectivity index (χ0n) is 15.3. The molecule has 0 atom stereocenters. The molecule has 6 nitrogen and oxygen atoms in total. The molecule has 140 valence electrons. The van der Waals surface area contributed by atoms with Gasteiger partial charge in [-0.05, 0) is 44.9 Å². The molecule has 0 unspecified atom stereocenters. The second-order valence-electron chi connectivity index (χ2n) is 6.11. The van der Waals surface area contributed by atoms with E-state index in [0.29, 0.717) is 31.0 Å². The molecule has 1 aromatic heterocycles. The monoisotopic (exact) mass is 377 g/mol. The van der Waals surface area contributed by atoms with Crippen LogP contribution in [0.2, 0.25) is 5.02 Å². The lowest BCUT2D eigenvalue weighted by atomic mass is 10.1. The molecule has 0 radical (unpaired) electrons. The van der Waals surface area contributed by atoms with Crippen molar-refractivity contribution in [1.29, 1.82) is 0 Å². The minimum absolute atomic E-state index is 0.0462. The number of likely N-dealkylation sites (N-methyl/N-ethyl adjacent to an activating group) is 1. The first-order valence-electron chi connectivity index (χ1n) is 8.61. The zero-order chi connectivity index (χ0) is 19.1. The zero-order valence-corrected chi connectivity index (χ0v) is 16.1. The van der Waals surface area contributed by atoms with Crippen LogP contribution in [-0.2, 0) is 22.6 Å². The number of aromatic nitrogens is 1. The second-order valence-corrected chi connectivity index (χ2v) is 6.55. The maximum Gasteiger partial charge on any atom is 0.239 e. The number of carbonyl (C=O) groups is 2. The number of carbonyl (C=O) groups excluding carboxylic acids is 2. The Morgan fingerprint density at radius 1 is 1.23 bits per heavy atom. The Morgan fingerprint density at radius 2 is 1.92 bits per heavy atom. The Hall–Kier alpha value is -2.34. The van der Waals surface area contributed by atoms with Gasteiger partial charge in [-0.3, -0.25) is 9.59 Å². The van der Waals surface area contributed by atoms with Gasteiger partial charge in [0, 0.05) is 30.1 Å². The molecule has 0 aliphatic heterocycles. The van der Waals surface area contributed by atoms with Crippen LogP contribution in [-0.4, -0.2) is 35.0 Å². The van der Waals surface area contributed by atoms with Crippen LogP contribution in [0.4, 0.5) is 0 Å². The van der Waals surface area contributed by atoms with E-state index in [0.717, 1.165) is 22.6 Å². The molecule has 0 aliphatic carbocycles. The average Bonchev–Trinajstić information content (AvgIpc) is 2.95. The topological polar surface area (TPSA) is 75.4 Å². The van der Waals surface area contributed by atoms with Crippen LogP contribution in [0.1, 0.15) is 35.9 Å². The highest BCUT2D eigenvalue weighted by Crippen LogP contribution is 2.15. The van der Waals surface area contributed by atoms with Crippen LogP contribution >= 0.6 is 11.6 Å². The van der Waals surface area contributed by atoms with Gasteiger partial charge >= 0.3 is 0 Å². The quantitative estimate of drug-likeness (QED) is 0.767. The van der Waals surface area contributed by atoms with E-state index >= 15 is 0 Å². The SMILES string of the molecule is CCN(CC(=O)NCc1ccc(Cl)cc1)C(=O)CCc1c(C)noc1C. The number of amides is 2. The molecule has 0 saturated heterocycles. The van der Waals surface area contributed by atoms with Gasteiger partial charge in [-0.2, -0.15) is 0 Å². The molecule has 2 amide bonds. The smallest absolute Gasteiger partial charge is 0.239 e. The van der Waals surface area contributed by atoms with E-state index in [1.54, 1.807) is 17.0 Å². The van der Waals surface area contributed by atoms with Crippen LogP contribution in [0.5, 0.6) is 0 Å². The fourth-order valence-electron chi connectivity index (χ4n) is 2.66. The van der Waals surface area contributed by atoms with Gasteiger partial charge in [0.25, 0.3) is 0 Å². The standard InChI is InChI=1S/C19H24ClN3O3/c1-4-23(19(25)10-9-17-13(2)22-26-14(17)3)12-18(24)21-11-15-5-7-16(20)8-6-15/h5-8H,4,9-12H2,1-3H3,(H,21,24). The minimum Gasteiger partial charge on any atom is -0.361 e. The van der Waals surface area contributed by atoms with Crippen molar-refractivity contribution < 1.29 is 14.1 Å². The van der Waals surface area contributed by atoms with Gasteiger partial charge in [0.2, 0.25) is 11.8 Å². The van der Waals surface area contributed by atoms with Crippen molar-refractivity contribution in [3.8, 4) is 0 Å². The first-order valence-corrected chi connectivity index (χ1v) is 8.99. The number of rotatable bonds is 8. The fourth-order valence-corrected chi connectivity index (χ4v) is 2.78. The van der Waals surface area contributed by atoms with Gasteiger partial charge in [-0.25, -0.2) is 0 Å². The molecular weight excluding hydrogens is 354 g/mol. The number of nitrogens with one attached hydrogen (secondary N) is 1. The molecule has 0 fully saturated rings. The Balaban J connectivity index is 1.82. The highest BCUT2D eigenvalue weighted by Gasteiger charge is 2.17. The van der Waals surface area contributed by atoms with Crippen molar-refractivity contribution in [1.82, 2.24) is 15.4 Å². The molecule has 26 heavy (non-hydrogen) atoms. The minimum atomic E-state index is -0.188. The van der Waals surface area contributed by atoms with Crippen LogP contribution in [0.15, 0.2) is 28.8 Å². The fraction of sp³-hybridized carbons (Fsp3) is 0.421. The molecule has 2 rings (SSSR count). The molecule has 0 spiro atoms. The van der Waals surface area contributed by atoms with E-state index in [-0.39, 0.29) is 18.4 Å². The summed E-state index contributed by atoms with van der Waals surface area (Å²) in [5.41, 5.74) is 2.72. The number of benzene rings is 1. The van der Waals surface area contributed by atoms with E-state index in [1.165, 1.54) is 0 Å². The molecule has 1 aromatic carbocycles. The first kappa shape index (κ1) is 20.0. The summed E-state index contributed by atoms with van der Waals surface area (Å²) in [7, 11) is 0. The lowest BCUT2D eigenvalue weighted by Crippen LogP contribution is -2.40. The Morgan fingerprint density at radius 3 is 2.50 bits per heavy atom. The summed E-state index contributed by atoms with van der Waals surface area (Å²) in [6, 6.07) is 7.27. The van der Waals surface area contributed by atoms with Crippen LogP contribution < -0.4 is 5.32 Å². The van der Waals surface area contributed by atoms with Crippen LogP contribution in [0.25, 0.3) is 0 Å². The second kappa shape index (κ2) is 9.38. The normalized spacial score (nSPS) is 10.6. The van der Waals surface area contributed by atoms with Gasteiger partial charge in [0.05, 0.1) is 12.2 Å². The summed E-state index contributed by atoms with van der Waals surface area (Å²) < 4.78 is 5.11. The summed E-state index contributed by atoms with van der Waals surface area (Å²) in [5, 5.41) is 7.37. The van der Waals surface area contributed by atoms with Crippen molar-refractivity contribution in [2.24, 2.45) is 0 Å². The van der Waals surface area contributed by atoms with Gasteiger partial charge in [-0.1, -0.05) is 28.9 Å². The summed E-state index contributed by atoms with van der Waals surface area (Å²) >= 11 is 5.84. The molecule has 1 N–H and O–H groups in total.